The number of hydrogen-bond donors (Lipinski definition) is 1. The molecule has 1 heterocycles. The Kier molecular flexibility index (Phi) is 7.72. The molecule has 3 amide bonds. The van der Waals surface area contributed by atoms with Crippen LogP contribution in [0.5, 0.6) is 5.75 Å². The molecule has 0 aromatic heterocycles. The van der Waals surface area contributed by atoms with Crippen LogP contribution in [-0.2, 0) is 16.1 Å². The topological polar surface area (TPSA) is 71.1 Å². The van der Waals surface area contributed by atoms with Gasteiger partial charge in [-0.3, -0.25) is 4.79 Å². The van der Waals surface area contributed by atoms with E-state index in [1.807, 2.05) is 38.1 Å². The van der Waals surface area contributed by atoms with E-state index in [0.29, 0.717) is 32.8 Å². The van der Waals surface area contributed by atoms with Crippen LogP contribution in [0.15, 0.2) is 24.3 Å². The highest BCUT2D eigenvalue weighted by Crippen LogP contribution is 2.14. The van der Waals surface area contributed by atoms with Crippen LogP contribution in [0.4, 0.5) is 4.79 Å². The van der Waals surface area contributed by atoms with Crippen molar-refractivity contribution in [3.05, 3.63) is 29.8 Å². The van der Waals surface area contributed by atoms with E-state index in [0.717, 1.165) is 17.7 Å². The van der Waals surface area contributed by atoms with Crippen molar-refractivity contribution >= 4 is 11.9 Å². The van der Waals surface area contributed by atoms with Gasteiger partial charge in [-0.25, -0.2) is 4.79 Å². The minimum absolute atomic E-state index is 0.0361. The van der Waals surface area contributed by atoms with Gasteiger partial charge in [0.05, 0.1) is 13.2 Å². The van der Waals surface area contributed by atoms with Crippen molar-refractivity contribution in [1.29, 1.82) is 0 Å². The fourth-order valence-electron chi connectivity index (χ4n) is 2.72. The minimum Gasteiger partial charge on any atom is -0.497 e. The van der Waals surface area contributed by atoms with E-state index in [-0.39, 0.29) is 24.6 Å². The first-order chi connectivity index (χ1) is 12.5. The molecule has 1 saturated heterocycles. The first-order valence-electron chi connectivity index (χ1n) is 9.08. The van der Waals surface area contributed by atoms with Crippen molar-refractivity contribution in [3.8, 4) is 5.75 Å². The molecule has 7 nitrogen and oxygen atoms in total. The van der Waals surface area contributed by atoms with E-state index < -0.39 is 0 Å². The third kappa shape index (κ3) is 5.91. The van der Waals surface area contributed by atoms with Gasteiger partial charge in [-0.1, -0.05) is 19.1 Å². The van der Waals surface area contributed by atoms with E-state index in [4.69, 9.17) is 9.47 Å². The Morgan fingerprint density at radius 2 is 2.00 bits per heavy atom. The zero-order valence-electron chi connectivity index (χ0n) is 15.9. The largest absolute Gasteiger partial charge is 0.497 e. The normalized spacial score (nSPS) is 15.7. The Hall–Kier alpha value is -2.28. The molecule has 1 atom stereocenters. The smallest absolute Gasteiger partial charge is 0.318 e. The van der Waals surface area contributed by atoms with Crippen LogP contribution >= 0.6 is 0 Å². The predicted molar refractivity (Wildman–Crippen MR) is 99.1 cm³/mol. The molecule has 1 aromatic carbocycles. The van der Waals surface area contributed by atoms with Crippen molar-refractivity contribution < 1.29 is 19.1 Å². The van der Waals surface area contributed by atoms with E-state index in [1.165, 1.54) is 0 Å². The Morgan fingerprint density at radius 1 is 1.27 bits per heavy atom. The third-order valence-electron chi connectivity index (χ3n) is 4.29. The van der Waals surface area contributed by atoms with Crippen LogP contribution in [0.1, 0.15) is 25.8 Å². The number of ether oxygens (including phenoxy) is 2. The van der Waals surface area contributed by atoms with Gasteiger partial charge in [0.2, 0.25) is 5.91 Å². The number of urea groups is 1. The first-order valence-corrected chi connectivity index (χ1v) is 9.08. The number of benzene rings is 1. The Balaban J connectivity index is 1.77. The molecule has 7 heteroatoms. The van der Waals surface area contributed by atoms with Gasteiger partial charge >= 0.3 is 6.03 Å². The molecule has 2 rings (SSSR count). The highest BCUT2D eigenvalue weighted by Gasteiger charge is 2.27. The molecule has 0 saturated carbocycles. The molecule has 144 valence electrons. The number of methoxy groups -OCH3 is 1. The Labute approximate surface area is 155 Å². The molecule has 0 spiro atoms. The summed E-state index contributed by atoms with van der Waals surface area (Å²) in [6, 6.07) is 7.44. The summed E-state index contributed by atoms with van der Waals surface area (Å²) in [5.41, 5.74) is 1.04. The third-order valence-corrected chi connectivity index (χ3v) is 4.29. The standard InChI is InChI=1S/C19H29N3O4/c1-4-11-26-15(2)12-20-19(24)22-10-9-21(18(23)14-22)13-16-5-7-17(25-3)8-6-16/h5-8,15H,4,9-14H2,1-3H3,(H,20,24). The average molecular weight is 363 g/mol. The molecular formula is C19H29N3O4. The van der Waals surface area contributed by atoms with Gasteiger partial charge in [0.15, 0.2) is 0 Å². The number of nitrogens with zero attached hydrogens (tertiary/aromatic N) is 2. The number of amides is 3. The number of carbonyl (C=O) groups is 2. The second-order valence-corrected chi connectivity index (χ2v) is 6.45. The van der Waals surface area contributed by atoms with Crippen molar-refractivity contribution in [3.63, 3.8) is 0 Å². The maximum atomic E-state index is 12.4. The summed E-state index contributed by atoms with van der Waals surface area (Å²) in [7, 11) is 1.62. The molecular weight excluding hydrogens is 334 g/mol. The minimum atomic E-state index is -0.214. The fourth-order valence-corrected chi connectivity index (χ4v) is 2.72. The molecule has 1 fully saturated rings. The Morgan fingerprint density at radius 3 is 2.62 bits per heavy atom. The van der Waals surface area contributed by atoms with Crippen LogP contribution in [-0.4, -0.2) is 67.7 Å². The zero-order valence-corrected chi connectivity index (χ0v) is 15.9. The molecule has 1 N–H and O–H groups in total. The van der Waals surface area contributed by atoms with Gasteiger partial charge in [-0.15, -0.1) is 0 Å². The van der Waals surface area contributed by atoms with Gasteiger partial charge < -0.3 is 24.6 Å². The number of rotatable bonds is 8. The maximum Gasteiger partial charge on any atom is 0.318 e. The highest BCUT2D eigenvalue weighted by atomic mass is 16.5. The first kappa shape index (κ1) is 20.0. The lowest BCUT2D eigenvalue weighted by atomic mass is 10.2. The van der Waals surface area contributed by atoms with Crippen molar-refractivity contribution in [1.82, 2.24) is 15.1 Å². The SMILES string of the molecule is CCCOC(C)CNC(=O)N1CCN(Cc2ccc(OC)cc2)C(=O)C1. The molecule has 1 aliphatic rings. The molecule has 1 aromatic rings. The fraction of sp³-hybridized carbons (Fsp3) is 0.579. The van der Waals surface area contributed by atoms with Gasteiger partial charge in [-0.2, -0.15) is 0 Å². The van der Waals surface area contributed by atoms with Crippen LogP contribution < -0.4 is 10.1 Å². The van der Waals surface area contributed by atoms with Gasteiger partial charge in [0, 0.05) is 32.8 Å². The van der Waals surface area contributed by atoms with Crippen molar-refractivity contribution in [2.45, 2.75) is 32.9 Å². The van der Waals surface area contributed by atoms with Gasteiger partial charge in [0.1, 0.15) is 12.3 Å². The number of piperazine rings is 1. The van der Waals surface area contributed by atoms with Crippen LogP contribution in [0.2, 0.25) is 0 Å². The van der Waals surface area contributed by atoms with Crippen LogP contribution in [0.3, 0.4) is 0 Å². The molecule has 1 unspecified atom stereocenters. The number of hydrogen-bond acceptors (Lipinski definition) is 4. The van der Waals surface area contributed by atoms with Crippen LogP contribution in [0, 0.1) is 0 Å². The van der Waals surface area contributed by atoms with E-state index in [2.05, 4.69) is 5.32 Å². The summed E-state index contributed by atoms with van der Waals surface area (Å²) < 4.78 is 10.7. The van der Waals surface area contributed by atoms with Crippen molar-refractivity contribution in [2.75, 3.05) is 39.9 Å². The maximum absolute atomic E-state index is 12.4. The summed E-state index contributed by atoms with van der Waals surface area (Å²) in [4.78, 5) is 27.9. The lowest BCUT2D eigenvalue weighted by Gasteiger charge is -2.34. The molecule has 0 bridgehead atoms. The molecule has 1 aliphatic heterocycles. The lowest BCUT2D eigenvalue weighted by molar-refractivity contribution is -0.135. The summed E-state index contributed by atoms with van der Waals surface area (Å²) in [6.45, 7) is 6.79. The second kappa shape index (κ2) is 10.0. The van der Waals surface area contributed by atoms with Crippen LogP contribution in [0.25, 0.3) is 0 Å². The number of nitrogens with one attached hydrogen (secondary N) is 1. The predicted octanol–water partition coefficient (Wildman–Crippen LogP) is 1.86. The van der Waals surface area contributed by atoms with Gasteiger partial charge in [0.25, 0.3) is 0 Å². The summed E-state index contributed by atoms with van der Waals surface area (Å²) in [5, 5.41) is 2.84. The quantitative estimate of drug-likeness (QED) is 0.765. The average Bonchev–Trinajstić information content (AvgIpc) is 2.66. The zero-order chi connectivity index (χ0) is 18.9. The van der Waals surface area contributed by atoms with E-state index >= 15 is 0 Å². The number of carbonyl (C=O) groups excluding carboxylic acids is 2. The van der Waals surface area contributed by atoms with Gasteiger partial charge in [-0.05, 0) is 31.0 Å². The second-order valence-electron chi connectivity index (χ2n) is 6.45. The summed E-state index contributed by atoms with van der Waals surface area (Å²) >= 11 is 0. The summed E-state index contributed by atoms with van der Waals surface area (Å²) in [6.07, 6.45) is 0.911. The molecule has 26 heavy (non-hydrogen) atoms. The molecule has 0 radical (unpaired) electrons. The monoisotopic (exact) mass is 363 g/mol. The molecule has 0 aliphatic carbocycles. The van der Waals surface area contributed by atoms with E-state index in [9.17, 15) is 9.59 Å². The highest BCUT2D eigenvalue weighted by molar-refractivity contribution is 5.85. The lowest BCUT2D eigenvalue weighted by Crippen LogP contribution is -2.54. The van der Waals surface area contributed by atoms with Crippen molar-refractivity contribution in [2.24, 2.45) is 0 Å². The van der Waals surface area contributed by atoms with E-state index in [1.54, 1.807) is 16.9 Å². The summed E-state index contributed by atoms with van der Waals surface area (Å²) in [5.74, 6) is 0.746. The Bertz CT molecular complexity index is 591.